The first-order valence-electron chi connectivity index (χ1n) is 8.52. The topological polar surface area (TPSA) is 61.4 Å². The first-order valence-corrected chi connectivity index (χ1v) is 9.40. The number of hydrogen-bond donors (Lipinski definition) is 2. The summed E-state index contributed by atoms with van der Waals surface area (Å²) in [6, 6.07) is 3.56. The molecular formula is C17H25N3O2S. The number of likely N-dealkylation sites (tertiary alicyclic amines) is 1. The number of hydrogen-bond acceptors (Lipinski definition) is 4. The molecule has 23 heavy (non-hydrogen) atoms. The standard InChI is InChI=1S/C17H25N3O2S/c1-12-7-8-18-11-13(12)19-16(21)14-5-2-3-9-20(14)17(22)15-6-4-10-23-15/h4,6,10,12-14,18H,2-3,5,7-9,11H2,1H3,(H,19,21). The van der Waals surface area contributed by atoms with Gasteiger partial charge in [-0.05, 0) is 49.6 Å². The third-order valence-electron chi connectivity index (χ3n) is 4.95. The van der Waals surface area contributed by atoms with Crippen LogP contribution in [0.15, 0.2) is 17.5 Å². The molecule has 1 aromatic rings. The van der Waals surface area contributed by atoms with E-state index in [1.54, 1.807) is 4.90 Å². The van der Waals surface area contributed by atoms with Gasteiger partial charge in [-0.1, -0.05) is 13.0 Å². The molecule has 0 bridgehead atoms. The molecule has 3 rings (SSSR count). The van der Waals surface area contributed by atoms with Gasteiger partial charge in [0, 0.05) is 19.1 Å². The van der Waals surface area contributed by atoms with Gasteiger partial charge in [0.2, 0.25) is 5.91 Å². The zero-order chi connectivity index (χ0) is 16.2. The maximum absolute atomic E-state index is 12.8. The fourth-order valence-electron chi connectivity index (χ4n) is 3.45. The van der Waals surface area contributed by atoms with Crippen molar-refractivity contribution in [3.8, 4) is 0 Å². The van der Waals surface area contributed by atoms with Crippen LogP contribution < -0.4 is 10.6 Å². The second-order valence-corrected chi connectivity index (χ2v) is 7.52. The van der Waals surface area contributed by atoms with Crippen LogP contribution in [0.25, 0.3) is 0 Å². The molecular weight excluding hydrogens is 310 g/mol. The van der Waals surface area contributed by atoms with Crippen LogP contribution in [0.2, 0.25) is 0 Å². The Hall–Kier alpha value is -1.40. The zero-order valence-corrected chi connectivity index (χ0v) is 14.4. The van der Waals surface area contributed by atoms with Gasteiger partial charge in [-0.2, -0.15) is 0 Å². The summed E-state index contributed by atoms with van der Waals surface area (Å²) in [5.41, 5.74) is 0. The Labute approximate surface area is 141 Å². The minimum absolute atomic E-state index is 0.00494. The van der Waals surface area contributed by atoms with Crippen LogP contribution in [0.4, 0.5) is 0 Å². The number of nitrogens with zero attached hydrogens (tertiary/aromatic N) is 1. The first-order chi connectivity index (χ1) is 11.2. The number of carbonyl (C=O) groups excluding carboxylic acids is 2. The number of rotatable bonds is 3. The molecule has 1 aromatic heterocycles. The highest BCUT2D eigenvalue weighted by Crippen LogP contribution is 2.22. The number of thiophene rings is 1. The van der Waals surface area contributed by atoms with Gasteiger partial charge in [-0.3, -0.25) is 9.59 Å². The van der Waals surface area contributed by atoms with E-state index in [-0.39, 0.29) is 23.9 Å². The molecule has 2 N–H and O–H groups in total. The van der Waals surface area contributed by atoms with Crippen molar-refractivity contribution in [1.82, 2.24) is 15.5 Å². The van der Waals surface area contributed by atoms with Crippen LogP contribution in [-0.4, -0.2) is 48.4 Å². The van der Waals surface area contributed by atoms with Crippen molar-refractivity contribution in [2.75, 3.05) is 19.6 Å². The monoisotopic (exact) mass is 335 g/mol. The normalized spacial score (nSPS) is 28.4. The van der Waals surface area contributed by atoms with Crippen molar-refractivity contribution in [2.45, 2.75) is 44.7 Å². The van der Waals surface area contributed by atoms with E-state index in [4.69, 9.17) is 0 Å². The fraction of sp³-hybridized carbons (Fsp3) is 0.647. The molecule has 2 amide bonds. The average Bonchev–Trinajstić information content (AvgIpc) is 3.11. The molecule has 0 spiro atoms. The van der Waals surface area contributed by atoms with E-state index in [0.717, 1.165) is 43.6 Å². The number of amides is 2. The third kappa shape index (κ3) is 3.75. The molecule has 0 radical (unpaired) electrons. The lowest BCUT2D eigenvalue weighted by molar-refractivity contribution is -0.127. The smallest absolute Gasteiger partial charge is 0.264 e. The number of piperidine rings is 2. The predicted molar refractivity (Wildman–Crippen MR) is 91.6 cm³/mol. The summed E-state index contributed by atoms with van der Waals surface area (Å²) in [7, 11) is 0. The maximum atomic E-state index is 12.8. The second kappa shape index (κ2) is 7.45. The van der Waals surface area contributed by atoms with E-state index in [1.807, 2.05) is 17.5 Å². The Bertz CT molecular complexity index is 546. The van der Waals surface area contributed by atoms with Gasteiger partial charge in [0.25, 0.3) is 5.91 Å². The van der Waals surface area contributed by atoms with Crippen molar-refractivity contribution < 1.29 is 9.59 Å². The van der Waals surface area contributed by atoms with E-state index in [0.29, 0.717) is 12.5 Å². The van der Waals surface area contributed by atoms with Gasteiger partial charge in [0.1, 0.15) is 6.04 Å². The summed E-state index contributed by atoms with van der Waals surface area (Å²) >= 11 is 1.44. The van der Waals surface area contributed by atoms with Crippen LogP contribution in [-0.2, 0) is 4.79 Å². The average molecular weight is 335 g/mol. The fourth-order valence-corrected chi connectivity index (χ4v) is 4.13. The van der Waals surface area contributed by atoms with Gasteiger partial charge >= 0.3 is 0 Å². The Balaban J connectivity index is 1.68. The molecule has 0 aliphatic carbocycles. The van der Waals surface area contributed by atoms with E-state index in [1.165, 1.54) is 11.3 Å². The minimum Gasteiger partial charge on any atom is -0.350 e. The van der Waals surface area contributed by atoms with Crippen LogP contribution >= 0.6 is 11.3 Å². The van der Waals surface area contributed by atoms with Crippen molar-refractivity contribution in [3.63, 3.8) is 0 Å². The van der Waals surface area contributed by atoms with Gasteiger partial charge in [0.05, 0.1) is 4.88 Å². The molecule has 2 aliphatic rings. The van der Waals surface area contributed by atoms with Gasteiger partial charge in [0.15, 0.2) is 0 Å². The maximum Gasteiger partial charge on any atom is 0.264 e. The SMILES string of the molecule is CC1CCNCC1NC(=O)C1CCCCN1C(=O)c1cccs1. The quantitative estimate of drug-likeness (QED) is 0.886. The second-order valence-electron chi connectivity index (χ2n) is 6.57. The van der Waals surface area contributed by atoms with Crippen LogP contribution in [0.5, 0.6) is 0 Å². The summed E-state index contributed by atoms with van der Waals surface area (Å²) in [4.78, 5) is 27.9. The molecule has 0 saturated carbocycles. The van der Waals surface area contributed by atoms with Gasteiger partial charge < -0.3 is 15.5 Å². The Kier molecular flexibility index (Phi) is 5.33. The largest absolute Gasteiger partial charge is 0.350 e. The van der Waals surface area contributed by atoms with Gasteiger partial charge in [-0.15, -0.1) is 11.3 Å². The summed E-state index contributed by atoms with van der Waals surface area (Å²) in [5, 5.41) is 8.42. The first kappa shape index (κ1) is 16.5. The molecule has 5 nitrogen and oxygen atoms in total. The van der Waals surface area contributed by atoms with E-state index in [2.05, 4.69) is 17.6 Å². The van der Waals surface area contributed by atoms with Crippen LogP contribution in [0.3, 0.4) is 0 Å². The minimum atomic E-state index is -0.326. The lowest BCUT2D eigenvalue weighted by Crippen LogP contribution is -2.57. The number of carbonyl (C=O) groups is 2. The van der Waals surface area contributed by atoms with Crippen LogP contribution in [0.1, 0.15) is 42.3 Å². The van der Waals surface area contributed by atoms with Gasteiger partial charge in [-0.25, -0.2) is 0 Å². The summed E-state index contributed by atoms with van der Waals surface area (Å²) in [6.45, 7) is 4.69. The molecule has 2 aliphatic heterocycles. The molecule has 2 fully saturated rings. The third-order valence-corrected chi connectivity index (χ3v) is 5.81. The van der Waals surface area contributed by atoms with E-state index in [9.17, 15) is 9.59 Å². The lowest BCUT2D eigenvalue weighted by atomic mass is 9.93. The summed E-state index contributed by atoms with van der Waals surface area (Å²) in [6.07, 6.45) is 3.82. The Morgan fingerprint density at radius 2 is 2.22 bits per heavy atom. The Morgan fingerprint density at radius 1 is 1.35 bits per heavy atom. The highest BCUT2D eigenvalue weighted by Gasteiger charge is 2.34. The lowest BCUT2D eigenvalue weighted by Gasteiger charge is -2.37. The van der Waals surface area contributed by atoms with Crippen molar-refractivity contribution >= 4 is 23.2 Å². The van der Waals surface area contributed by atoms with Crippen molar-refractivity contribution in [2.24, 2.45) is 5.92 Å². The number of nitrogens with one attached hydrogen (secondary N) is 2. The van der Waals surface area contributed by atoms with E-state index >= 15 is 0 Å². The summed E-state index contributed by atoms with van der Waals surface area (Å²) < 4.78 is 0. The highest BCUT2D eigenvalue weighted by atomic mass is 32.1. The van der Waals surface area contributed by atoms with E-state index < -0.39 is 0 Å². The highest BCUT2D eigenvalue weighted by molar-refractivity contribution is 7.12. The molecule has 6 heteroatoms. The molecule has 3 heterocycles. The summed E-state index contributed by atoms with van der Waals surface area (Å²) in [5.74, 6) is 0.482. The zero-order valence-electron chi connectivity index (χ0n) is 13.6. The molecule has 126 valence electrons. The molecule has 0 aromatic carbocycles. The molecule has 3 unspecified atom stereocenters. The Morgan fingerprint density at radius 3 is 2.96 bits per heavy atom. The molecule has 2 saturated heterocycles. The predicted octanol–water partition coefficient (Wildman–Crippen LogP) is 1.86. The van der Waals surface area contributed by atoms with Crippen molar-refractivity contribution in [1.29, 1.82) is 0 Å². The molecule has 3 atom stereocenters. The van der Waals surface area contributed by atoms with Crippen molar-refractivity contribution in [3.05, 3.63) is 22.4 Å². The van der Waals surface area contributed by atoms with Crippen LogP contribution in [0, 0.1) is 5.92 Å².